The van der Waals surface area contributed by atoms with Gasteiger partial charge in [-0.15, -0.1) is 0 Å². The lowest BCUT2D eigenvalue weighted by molar-refractivity contribution is -0.385. The summed E-state index contributed by atoms with van der Waals surface area (Å²) in [6.45, 7) is 3.22. The van der Waals surface area contributed by atoms with E-state index >= 15 is 0 Å². The quantitative estimate of drug-likeness (QED) is 0.535. The first kappa shape index (κ1) is 17.5. The van der Waals surface area contributed by atoms with Crippen LogP contribution in [0.4, 0.5) is 5.69 Å². The van der Waals surface area contributed by atoms with E-state index in [0.29, 0.717) is 5.76 Å². The molecule has 0 spiro atoms. The fourth-order valence-electron chi connectivity index (χ4n) is 2.61. The van der Waals surface area contributed by atoms with Gasteiger partial charge in [0.15, 0.2) is 12.4 Å². The van der Waals surface area contributed by atoms with Gasteiger partial charge in [0.25, 0.3) is 5.91 Å². The normalized spacial score (nSPS) is 11.9. The second-order valence-corrected chi connectivity index (χ2v) is 5.99. The molecule has 1 amide bonds. The molecule has 0 saturated carbocycles. The number of hydrogen-bond donors (Lipinski definition) is 1. The molecular formula is C19H18N2O5. The van der Waals surface area contributed by atoms with Gasteiger partial charge in [0.2, 0.25) is 0 Å². The van der Waals surface area contributed by atoms with E-state index < -0.39 is 10.8 Å². The zero-order valence-corrected chi connectivity index (χ0v) is 14.4. The van der Waals surface area contributed by atoms with Crippen molar-refractivity contribution in [1.29, 1.82) is 0 Å². The van der Waals surface area contributed by atoms with E-state index in [0.717, 1.165) is 16.5 Å². The van der Waals surface area contributed by atoms with Crippen LogP contribution in [0.3, 0.4) is 0 Å². The Hall–Kier alpha value is -3.35. The highest BCUT2D eigenvalue weighted by atomic mass is 16.6. The second-order valence-electron chi connectivity index (χ2n) is 5.99. The first-order valence-electron chi connectivity index (χ1n) is 8.09. The maximum Gasteiger partial charge on any atom is 0.311 e. The number of rotatable bonds is 6. The van der Waals surface area contributed by atoms with Gasteiger partial charge in [0, 0.05) is 11.5 Å². The Morgan fingerprint density at radius 2 is 2.04 bits per heavy atom. The second kappa shape index (κ2) is 7.26. The number of aryl methyl sites for hydroxylation is 1. The number of furan rings is 1. The Morgan fingerprint density at radius 3 is 2.77 bits per heavy atom. The third-order valence-corrected chi connectivity index (χ3v) is 3.92. The molecule has 0 fully saturated rings. The molecule has 0 aliphatic rings. The van der Waals surface area contributed by atoms with Gasteiger partial charge in [-0.25, -0.2) is 0 Å². The molecule has 0 aliphatic carbocycles. The minimum atomic E-state index is -0.530. The Bertz CT molecular complexity index is 930. The number of para-hydroxylation sites is 1. The molecular weight excluding hydrogens is 336 g/mol. The van der Waals surface area contributed by atoms with E-state index in [4.69, 9.17) is 9.15 Å². The number of amides is 1. The van der Waals surface area contributed by atoms with Crippen LogP contribution in [0.1, 0.15) is 24.3 Å². The first-order valence-corrected chi connectivity index (χ1v) is 8.09. The van der Waals surface area contributed by atoms with Crippen molar-refractivity contribution in [2.75, 3.05) is 6.61 Å². The standard InChI is InChI=1S/C19H18N2O5/c1-12-7-8-17(15(9-12)21(23)24)25-11-19(22)20-13(2)18-10-14-5-3-4-6-16(14)26-18/h3-10,13H,11H2,1-2H3,(H,20,22)/t13-/m1/s1. The van der Waals surface area contributed by atoms with E-state index in [-0.39, 0.29) is 24.1 Å². The molecule has 134 valence electrons. The smallest absolute Gasteiger partial charge is 0.311 e. The third kappa shape index (κ3) is 3.83. The molecule has 26 heavy (non-hydrogen) atoms. The molecule has 0 saturated heterocycles. The molecule has 1 aromatic heterocycles. The number of fused-ring (bicyclic) bond motifs is 1. The number of nitrogens with one attached hydrogen (secondary N) is 1. The number of carbonyl (C=O) groups is 1. The third-order valence-electron chi connectivity index (χ3n) is 3.92. The van der Waals surface area contributed by atoms with Crippen molar-refractivity contribution in [2.24, 2.45) is 0 Å². The lowest BCUT2D eigenvalue weighted by Crippen LogP contribution is -2.31. The van der Waals surface area contributed by atoms with Gasteiger partial charge in [-0.3, -0.25) is 14.9 Å². The SMILES string of the molecule is Cc1ccc(OCC(=O)N[C@H](C)c2cc3ccccc3o2)c([N+](=O)[O-])c1. The topological polar surface area (TPSA) is 94.6 Å². The molecule has 1 heterocycles. The van der Waals surface area contributed by atoms with Crippen molar-refractivity contribution < 1.29 is 18.9 Å². The van der Waals surface area contributed by atoms with Crippen LogP contribution in [0.5, 0.6) is 5.75 Å². The molecule has 7 heteroatoms. The summed E-state index contributed by atoms with van der Waals surface area (Å²) in [7, 11) is 0. The number of benzene rings is 2. The fraction of sp³-hybridized carbons (Fsp3) is 0.211. The molecule has 2 aromatic carbocycles. The van der Waals surface area contributed by atoms with Crippen LogP contribution in [0.2, 0.25) is 0 Å². The van der Waals surface area contributed by atoms with Crippen LogP contribution in [-0.4, -0.2) is 17.4 Å². The van der Waals surface area contributed by atoms with E-state index in [9.17, 15) is 14.9 Å². The number of hydrogen-bond acceptors (Lipinski definition) is 5. The fourth-order valence-corrected chi connectivity index (χ4v) is 2.61. The lowest BCUT2D eigenvalue weighted by atomic mass is 10.2. The number of nitro benzene ring substituents is 1. The maximum atomic E-state index is 12.1. The minimum Gasteiger partial charge on any atom is -0.477 e. The summed E-state index contributed by atoms with van der Waals surface area (Å²) in [5.41, 5.74) is 1.32. The number of nitrogens with zero attached hydrogens (tertiary/aromatic N) is 1. The van der Waals surface area contributed by atoms with Crippen molar-refractivity contribution in [1.82, 2.24) is 5.32 Å². The van der Waals surface area contributed by atoms with Crippen LogP contribution in [0.15, 0.2) is 52.9 Å². The van der Waals surface area contributed by atoms with E-state index in [2.05, 4.69) is 5.32 Å². The summed E-state index contributed by atoms with van der Waals surface area (Å²) < 4.78 is 11.0. The molecule has 1 atom stereocenters. The molecule has 0 unspecified atom stereocenters. The highest BCUT2D eigenvalue weighted by Crippen LogP contribution is 2.28. The predicted octanol–water partition coefficient (Wildman–Crippen LogP) is 3.91. The zero-order chi connectivity index (χ0) is 18.7. The minimum absolute atomic E-state index is 0.0622. The molecule has 0 radical (unpaired) electrons. The highest BCUT2D eigenvalue weighted by Gasteiger charge is 2.18. The first-order chi connectivity index (χ1) is 12.4. The van der Waals surface area contributed by atoms with Gasteiger partial charge in [-0.1, -0.05) is 24.3 Å². The number of carbonyl (C=O) groups excluding carboxylic acids is 1. The Morgan fingerprint density at radius 1 is 1.27 bits per heavy atom. The monoisotopic (exact) mass is 354 g/mol. The summed E-state index contributed by atoms with van der Waals surface area (Å²) in [6.07, 6.45) is 0. The predicted molar refractivity (Wildman–Crippen MR) is 96.1 cm³/mol. The van der Waals surface area contributed by atoms with Crippen LogP contribution in [0, 0.1) is 17.0 Å². The van der Waals surface area contributed by atoms with Gasteiger partial charge in [-0.2, -0.15) is 0 Å². The summed E-state index contributed by atoms with van der Waals surface area (Å²) in [4.78, 5) is 22.7. The zero-order valence-electron chi connectivity index (χ0n) is 14.4. The molecule has 0 bridgehead atoms. The van der Waals surface area contributed by atoms with Crippen LogP contribution in [-0.2, 0) is 4.79 Å². The van der Waals surface area contributed by atoms with Gasteiger partial charge >= 0.3 is 5.69 Å². The van der Waals surface area contributed by atoms with Gasteiger partial charge in [-0.05, 0) is 37.6 Å². The largest absolute Gasteiger partial charge is 0.477 e. The number of ether oxygens (including phenoxy) is 1. The van der Waals surface area contributed by atoms with Crippen LogP contribution >= 0.6 is 0 Å². The van der Waals surface area contributed by atoms with Crippen molar-refractivity contribution in [2.45, 2.75) is 19.9 Å². The van der Waals surface area contributed by atoms with E-state index in [1.807, 2.05) is 30.3 Å². The summed E-state index contributed by atoms with van der Waals surface area (Å²) in [5.74, 6) is 0.292. The van der Waals surface area contributed by atoms with Crippen LogP contribution < -0.4 is 10.1 Å². The summed E-state index contributed by atoms with van der Waals surface area (Å²) >= 11 is 0. The van der Waals surface area contributed by atoms with Crippen molar-refractivity contribution in [3.63, 3.8) is 0 Å². The average Bonchev–Trinajstić information content (AvgIpc) is 3.05. The Balaban J connectivity index is 1.63. The highest BCUT2D eigenvalue weighted by molar-refractivity contribution is 5.80. The summed E-state index contributed by atoms with van der Waals surface area (Å²) in [6, 6.07) is 13.7. The Kier molecular flexibility index (Phi) is 4.88. The average molecular weight is 354 g/mol. The van der Waals surface area contributed by atoms with Gasteiger partial charge in [0.05, 0.1) is 11.0 Å². The van der Waals surface area contributed by atoms with Crippen LogP contribution in [0.25, 0.3) is 11.0 Å². The van der Waals surface area contributed by atoms with E-state index in [1.54, 1.807) is 19.9 Å². The van der Waals surface area contributed by atoms with E-state index in [1.165, 1.54) is 12.1 Å². The lowest BCUT2D eigenvalue weighted by Gasteiger charge is -2.12. The Labute approximate surface area is 149 Å². The summed E-state index contributed by atoms with van der Waals surface area (Å²) in [5, 5.41) is 14.8. The molecule has 1 N–H and O–H groups in total. The van der Waals surface area contributed by atoms with Crippen molar-refractivity contribution in [3.05, 3.63) is 70.0 Å². The van der Waals surface area contributed by atoms with Gasteiger partial charge in [0.1, 0.15) is 11.3 Å². The molecule has 3 aromatic rings. The maximum absolute atomic E-state index is 12.1. The van der Waals surface area contributed by atoms with Crippen molar-refractivity contribution in [3.8, 4) is 5.75 Å². The molecule has 3 rings (SSSR count). The molecule has 0 aliphatic heterocycles. The molecule has 7 nitrogen and oxygen atoms in total. The van der Waals surface area contributed by atoms with Crippen molar-refractivity contribution >= 4 is 22.6 Å². The van der Waals surface area contributed by atoms with Gasteiger partial charge < -0.3 is 14.5 Å². The number of nitro groups is 1.